The van der Waals surface area contributed by atoms with Gasteiger partial charge in [-0.1, -0.05) is 252 Å². The maximum Gasteiger partial charge on any atom is 0.361 e. The maximum atomic E-state index is 12.9. The molecular weight excluding hydrogens is 959 g/mol. The molecule has 77 heavy (non-hydrogen) atoms. The standard InChI is InChI=1S/C68H117NO8/c1-6-8-10-12-14-16-18-20-21-22-23-24-25-26-27-28-29-30-31-32-33-34-35-36-37-38-39-40-41-42-43-44-45-47-49-51-53-55-57-59-66(71)77-64(63-76-68(67(72)73)74-61-60-69(3,4)5)62-75-65(70)58-56-54-52-50-48-46-19-17-15-13-11-9-7-2/h8-11,14-17,20-21,23-24,26-27,46,48,64,68H,6-7,12-13,18-19,22,25,28-45,47,49-63H2,1-5H3/p+1/b10-8-,11-9-,16-14-,17-15-,21-20-,24-23-,27-26-,48-46-. The molecule has 0 bridgehead atoms. The number of ether oxygens (including phenoxy) is 4. The third kappa shape index (κ3) is 59.7. The molecule has 0 saturated heterocycles. The molecule has 0 aromatic carbocycles. The Hall–Kier alpha value is -3.79. The second-order valence-electron chi connectivity index (χ2n) is 22.0. The van der Waals surface area contributed by atoms with Crippen molar-refractivity contribution in [3.05, 3.63) is 97.2 Å². The molecule has 0 aliphatic rings. The number of aliphatic carboxylic acids is 1. The minimum atomic E-state index is -1.52. The minimum Gasteiger partial charge on any atom is -0.477 e. The lowest BCUT2D eigenvalue weighted by molar-refractivity contribution is -0.870. The summed E-state index contributed by atoms with van der Waals surface area (Å²) in [6.45, 7) is 4.62. The third-order valence-corrected chi connectivity index (χ3v) is 13.3. The first-order valence-electron chi connectivity index (χ1n) is 31.4. The van der Waals surface area contributed by atoms with E-state index in [0.29, 0.717) is 17.4 Å². The van der Waals surface area contributed by atoms with Crippen molar-refractivity contribution in [3.8, 4) is 0 Å². The topological polar surface area (TPSA) is 108 Å². The fourth-order valence-electron chi connectivity index (χ4n) is 8.59. The molecule has 0 fully saturated rings. The van der Waals surface area contributed by atoms with E-state index in [4.69, 9.17) is 18.9 Å². The Labute approximate surface area is 473 Å². The molecule has 442 valence electrons. The van der Waals surface area contributed by atoms with E-state index in [1.54, 1.807) is 0 Å². The van der Waals surface area contributed by atoms with Crippen molar-refractivity contribution >= 4 is 17.9 Å². The number of hydrogen-bond donors (Lipinski definition) is 1. The normalized spacial score (nSPS) is 13.4. The lowest BCUT2D eigenvalue weighted by Gasteiger charge is -2.25. The quantitative estimate of drug-likeness (QED) is 0.0211. The zero-order chi connectivity index (χ0) is 56.2. The van der Waals surface area contributed by atoms with Crippen LogP contribution in [-0.2, 0) is 33.3 Å². The van der Waals surface area contributed by atoms with Gasteiger partial charge in [-0.05, 0) is 89.9 Å². The molecule has 0 heterocycles. The lowest BCUT2D eigenvalue weighted by Crippen LogP contribution is -2.40. The Bertz CT molecular complexity index is 1580. The number of unbranched alkanes of at least 4 members (excludes halogenated alkanes) is 26. The predicted molar refractivity (Wildman–Crippen MR) is 327 cm³/mol. The van der Waals surface area contributed by atoms with E-state index < -0.39 is 24.3 Å². The van der Waals surface area contributed by atoms with Crippen LogP contribution in [0.4, 0.5) is 0 Å². The number of rotatable bonds is 57. The first kappa shape index (κ1) is 73.2. The summed E-state index contributed by atoms with van der Waals surface area (Å²) in [7, 11) is 5.96. The molecule has 0 rings (SSSR count). The Morgan fingerprint density at radius 3 is 1.05 bits per heavy atom. The van der Waals surface area contributed by atoms with Crippen LogP contribution in [0.5, 0.6) is 0 Å². The monoisotopic (exact) mass is 1080 g/mol. The zero-order valence-electron chi connectivity index (χ0n) is 50.3. The molecule has 0 saturated carbocycles. The average molecular weight is 1080 g/mol. The number of likely N-dealkylation sites (N-methyl/N-ethyl adjacent to an activating group) is 1. The van der Waals surface area contributed by atoms with E-state index in [2.05, 4.69) is 111 Å². The number of carbonyl (C=O) groups is 3. The molecule has 0 spiro atoms. The Kier molecular flexibility index (Phi) is 55.5. The van der Waals surface area contributed by atoms with Gasteiger partial charge in [0.2, 0.25) is 0 Å². The zero-order valence-corrected chi connectivity index (χ0v) is 50.3. The van der Waals surface area contributed by atoms with E-state index in [1.807, 2.05) is 21.1 Å². The number of hydrogen-bond acceptors (Lipinski definition) is 7. The highest BCUT2D eigenvalue weighted by Crippen LogP contribution is 2.17. The molecule has 9 nitrogen and oxygen atoms in total. The van der Waals surface area contributed by atoms with Gasteiger partial charge in [-0.3, -0.25) is 9.59 Å². The summed E-state index contributed by atoms with van der Waals surface area (Å²) in [4.78, 5) is 37.3. The number of allylic oxidation sites excluding steroid dienone is 16. The summed E-state index contributed by atoms with van der Waals surface area (Å²) < 4.78 is 22.8. The van der Waals surface area contributed by atoms with Crippen molar-refractivity contribution in [2.75, 3.05) is 47.5 Å². The molecule has 2 unspecified atom stereocenters. The van der Waals surface area contributed by atoms with Crippen LogP contribution in [0.3, 0.4) is 0 Å². The highest BCUT2D eigenvalue weighted by atomic mass is 16.7. The number of carbonyl (C=O) groups excluding carboxylic acids is 2. The fourth-order valence-corrected chi connectivity index (χ4v) is 8.59. The van der Waals surface area contributed by atoms with Crippen molar-refractivity contribution < 1.29 is 42.9 Å². The second-order valence-corrected chi connectivity index (χ2v) is 22.0. The summed E-state index contributed by atoms with van der Waals surface area (Å²) in [5, 5.41) is 9.69. The number of carboxylic acids is 1. The van der Waals surface area contributed by atoms with Crippen LogP contribution in [-0.4, -0.2) is 87.4 Å². The molecule has 2 atom stereocenters. The highest BCUT2D eigenvalue weighted by Gasteiger charge is 2.25. The van der Waals surface area contributed by atoms with E-state index in [-0.39, 0.29) is 38.6 Å². The van der Waals surface area contributed by atoms with Crippen molar-refractivity contribution in [1.29, 1.82) is 0 Å². The van der Waals surface area contributed by atoms with Gasteiger partial charge in [-0.2, -0.15) is 0 Å². The first-order valence-corrected chi connectivity index (χ1v) is 31.4. The van der Waals surface area contributed by atoms with Gasteiger partial charge >= 0.3 is 17.9 Å². The van der Waals surface area contributed by atoms with Crippen LogP contribution >= 0.6 is 0 Å². The van der Waals surface area contributed by atoms with Crippen LogP contribution in [0, 0.1) is 0 Å². The SMILES string of the molecule is CC/C=C\C/C=C\C/C=C\C/C=C\C/C=C\CCCCCCCCCCCCCCCCCCCCCCCCCC(=O)OC(COC(=O)CCCCC/C=C\C/C=C\C/C=C\CC)COC(OCC[N+](C)(C)C)C(=O)O. The van der Waals surface area contributed by atoms with Crippen LogP contribution in [0.1, 0.15) is 258 Å². The number of carboxylic acid groups (broad SMARTS) is 1. The molecule has 0 aliphatic carbocycles. The molecule has 0 aliphatic heterocycles. The van der Waals surface area contributed by atoms with Crippen LogP contribution < -0.4 is 0 Å². The van der Waals surface area contributed by atoms with Gasteiger partial charge in [0, 0.05) is 12.8 Å². The van der Waals surface area contributed by atoms with Crippen LogP contribution in [0.15, 0.2) is 97.2 Å². The molecule has 1 N–H and O–H groups in total. The van der Waals surface area contributed by atoms with Crippen molar-refractivity contribution in [2.45, 2.75) is 270 Å². The van der Waals surface area contributed by atoms with Crippen LogP contribution in [0.2, 0.25) is 0 Å². The highest BCUT2D eigenvalue weighted by molar-refractivity contribution is 5.71. The number of quaternary nitrogens is 1. The molecule has 9 heteroatoms. The van der Waals surface area contributed by atoms with Gasteiger partial charge in [0.05, 0.1) is 34.4 Å². The molecule has 0 aromatic rings. The van der Waals surface area contributed by atoms with Crippen molar-refractivity contribution in [2.24, 2.45) is 0 Å². The second kappa shape index (κ2) is 58.4. The summed E-state index contributed by atoms with van der Waals surface area (Å²) in [5.41, 5.74) is 0. The largest absolute Gasteiger partial charge is 0.477 e. The fraction of sp³-hybridized carbons (Fsp3) is 0.721. The first-order chi connectivity index (χ1) is 37.6. The number of nitrogens with zero attached hydrogens (tertiary/aromatic N) is 1. The molecule has 0 amide bonds. The van der Waals surface area contributed by atoms with Gasteiger partial charge in [0.1, 0.15) is 13.2 Å². The Morgan fingerprint density at radius 1 is 0.390 bits per heavy atom. The Balaban J connectivity index is 3.98. The van der Waals surface area contributed by atoms with E-state index in [0.717, 1.165) is 89.9 Å². The summed E-state index contributed by atoms with van der Waals surface area (Å²) in [6.07, 6.45) is 76.8. The molecular formula is C68H118NO8+. The van der Waals surface area contributed by atoms with Gasteiger partial charge in [0.15, 0.2) is 6.10 Å². The maximum absolute atomic E-state index is 12.9. The minimum absolute atomic E-state index is 0.181. The van der Waals surface area contributed by atoms with Crippen LogP contribution in [0.25, 0.3) is 0 Å². The third-order valence-electron chi connectivity index (χ3n) is 13.3. The van der Waals surface area contributed by atoms with Crippen molar-refractivity contribution in [3.63, 3.8) is 0 Å². The lowest BCUT2D eigenvalue weighted by atomic mass is 10.0. The summed E-state index contributed by atoms with van der Waals surface area (Å²) >= 11 is 0. The number of esters is 2. The predicted octanol–water partition coefficient (Wildman–Crippen LogP) is 18.9. The Morgan fingerprint density at radius 2 is 0.701 bits per heavy atom. The smallest absolute Gasteiger partial charge is 0.361 e. The summed E-state index contributed by atoms with van der Waals surface area (Å²) in [6, 6.07) is 0. The van der Waals surface area contributed by atoms with Gasteiger partial charge in [0.25, 0.3) is 6.29 Å². The van der Waals surface area contributed by atoms with Gasteiger partial charge < -0.3 is 28.5 Å². The van der Waals surface area contributed by atoms with Crippen molar-refractivity contribution in [1.82, 2.24) is 0 Å². The molecule has 0 aromatic heterocycles. The summed E-state index contributed by atoms with van der Waals surface area (Å²) in [5.74, 6) is -2.04. The van der Waals surface area contributed by atoms with Gasteiger partial charge in [-0.15, -0.1) is 0 Å². The van der Waals surface area contributed by atoms with E-state index >= 15 is 0 Å². The molecule has 0 radical (unpaired) electrons. The van der Waals surface area contributed by atoms with E-state index in [1.165, 1.54) is 135 Å². The van der Waals surface area contributed by atoms with E-state index in [9.17, 15) is 19.5 Å². The average Bonchev–Trinajstić information content (AvgIpc) is 3.40. The van der Waals surface area contributed by atoms with Gasteiger partial charge in [-0.25, -0.2) is 4.79 Å².